The molecule has 0 aliphatic rings. The number of methoxy groups -OCH3 is 1. The van der Waals surface area contributed by atoms with Crippen LogP contribution in [-0.4, -0.2) is 17.3 Å². The Hall–Kier alpha value is -1.41. The minimum Gasteiger partial charge on any atom is -0.373 e. The molecule has 0 fully saturated rings. The van der Waals surface area contributed by atoms with Crippen molar-refractivity contribution in [3.8, 4) is 6.07 Å². The van der Waals surface area contributed by atoms with E-state index >= 15 is 0 Å². The number of unbranched alkanes of at least 4 members (excludes halogenated alkanes) is 1. The van der Waals surface area contributed by atoms with Gasteiger partial charge in [0.15, 0.2) is 0 Å². The van der Waals surface area contributed by atoms with Gasteiger partial charge >= 0.3 is 0 Å². The average Bonchev–Trinajstić information content (AvgIpc) is 2.67. The summed E-state index contributed by atoms with van der Waals surface area (Å²) in [5, 5.41) is 12.3. The van der Waals surface area contributed by atoms with Crippen molar-refractivity contribution >= 4 is 0 Å². The molecule has 0 aliphatic heterocycles. The van der Waals surface area contributed by atoms with E-state index in [9.17, 15) is 0 Å². The van der Waals surface area contributed by atoms with Crippen molar-refractivity contribution in [3.05, 3.63) is 11.7 Å². The van der Waals surface area contributed by atoms with E-state index in [0.717, 1.165) is 6.42 Å². The van der Waals surface area contributed by atoms with E-state index in [2.05, 4.69) is 16.2 Å². The maximum absolute atomic E-state index is 8.41. The fourth-order valence-corrected chi connectivity index (χ4v) is 1.48. The van der Waals surface area contributed by atoms with Gasteiger partial charge in [0.05, 0.1) is 6.07 Å². The van der Waals surface area contributed by atoms with Gasteiger partial charge in [0.25, 0.3) is 0 Å². The van der Waals surface area contributed by atoms with Crippen LogP contribution in [0.15, 0.2) is 4.52 Å². The Bertz CT molecular complexity index is 354. The number of aryl methyl sites for hydroxylation is 1. The van der Waals surface area contributed by atoms with Gasteiger partial charge in [-0.15, -0.1) is 0 Å². The van der Waals surface area contributed by atoms with Crippen LogP contribution in [0.25, 0.3) is 0 Å². The summed E-state index contributed by atoms with van der Waals surface area (Å²) in [6, 6.07) is 2.08. The van der Waals surface area contributed by atoms with Crippen molar-refractivity contribution < 1.29 is 9.26 Å². The molecule has 1 rings (SSSR count). The first-order chi connectivity index (χ1) is 7.69. The third-order valence-electron chi connectivity index (χ3n) is 2.28. The summed E-state index contributed by atoms with van der Waals surface area (Å²) < 4.78 is 10.4. The van der Waals surface area contributed by atoms with Crippen LogP contribution < -0.4 is 0 Å². The van der Waals surface area contributed by atoms with Gasteiger partial charge in [-0.25, -0.2) is 0 Å². The zero-order valence-corrected chi connectivity index (χ0v) is 9.93. The fourth-order valence-electron chi connectivity index (χ4n) is 1.48. The minimum atomic E-state index is -0.131. The van der Waals surface area contributed by atoms with Gasteiger partial charge in [0.2, 0.25) is 11.7 Å². The Kier molecular flexibility index (Phi) is 4.93. The summed E-state index contributed by atoms with van der Waals surface area (Å²) >= 11 is 0. The zero-order chi connectivity index (χ0) is 12.0. The Morgan fingerprint density at radius 1 is 1.50 bits per heavy atom. The van der Waals surface area contributed by atoms with E-state index in [-0.39, 0.29) is 6.10 Å². The van der Waals surface area contributed by atoms with Gasteiger partial charge in [0.1, 0.15) is 6.10 Å². The lowest BCUT2D eigenvalue weighted by Gasteiger charge is -2.14. The summed E-state index contributed by atoms with van der Waals surface area (Å²) in [5.41, 5.74) is 0. The van der Waals surface area contributed by atoms with Gasteiger partial charge in [-0.2, -0.15) is 10.2 Å². The van der Waals surface area contributed by atoms with Gasteiger partial charge < -0.3 is 9.26 Å². The summed E-state index contributed by atoms with van der Waals surface area (Å²) in [6.07, 6.45) is 1.77. The van der Waals surface area contributed by atoms with Crippen LogP contribution in [0.3, 0.4) is 0 Å². The average molecular weight is 223 g/mol. The van der Waals surface area contributed by atoms with Crippen molar-refractivity contribution in [1.82, 2.24) is 10.1 Å². The van der Waals surface area contributed by atoms with Crippen LogP contribution in [0.4, 0.5) is 0 Å². The number of rotatable bonds is 6. The maximum atomic E-state index is 8.41. The number of nitrogens with zero attached hydrogens (tertiary/aromatic N) is 3. The molecule has 0 amide bonds. The van der Waals surface area contributed by atoms with E-state index in [1.165, 1.54) is 0 Å². The molecule has 1 aromatic rings. The van der Waals surface area contributed by atoms with Crippen LogP contribution in [0.5, 0.6) is 0 Å². The van der Waals surface area contributed by atoms with Gasteiger partial charge in [-0.3, -0.25) is 0 Å². The van der Waals surface area contributed by atoms with Crippen molar-refractivity contribution in [2.45, 2.75) is 39.2 Å². The molecule has 1 aromatic heterocycles. The fraction of sp³-hybridized carbons (Fsp3) is 0.727. The van der Waals surface area contributed by atoms with E-state index in [4.69, 9.17) is 14.5 Å². The molecule has 1 heterocycles. The maximum Gasteiger partial charge on any atom is 0.226 e. The molecule has 0 bridgehead atoms. The quantitative estimate of drug-likeness (QED) is 0.692. The van der Waals surface area contributed by atoms with Crippen LogP contribution in [0, 0.1) is 17.2 Å². The van der Waals surface area contributed by atoms with Crippen molar-refractivity contribution in [2.24, 2.45) is 5.92 Å². The van der Waals surface area contributed by atoms with Crippen LogP contribution in [-0.2, 0) is 11.2 Å². The molecule has 5 heteroatoms. The van der Waals surface area contributed by atoms with E-state index in [1.807, 2.05) is 13.8 Å². The predicted octanol–water partition coefficient (Wildman–Crippen LogP) is 2.26. The molecule has 0 aromatic carbocycles. The Morgan fingerprint density at radius 3 is 2.81 bits per heavy atom. The number of aromatic nitrogens is 2. The molecular weight excluding hydrogens is 206 g/mol. The third kappa shape index (κ3) is 3.31. The lowest BCUT2D eigenvalue weighted by Crippen LogP contribution is -2.10. The van der Waals surface area contributed by atoms with Crippen LogP contribution >= 0.6 is 0 Å². The molecular formula is C11H17N3O2. The summed E-state index contributed by atoms with van der Waals surface area (Å²) in [6.45, 7) is 4.08. The molecule has 0 radical (unpaired) electrons. The number of hydrogen-bond donors (Lipinski definition) is 0. The van der Waals surface area contributed by atoms with Gasteiger partial charge in [-0.05, 0) is 12.3 Å². The standard InChI is InChI=1S/C11H17N3O2/c1-8(2)10(15-3)11-13-9(16-14-11)6-4-5-7-12/h8,10H,4-6H2,1-3H3. The normalized spacial score (nSPS) is 12.7. The molecule has 0 N–H and O–H groups in total. The Balaban J connectivity index is 2.60. The number of ether oxygens (including phenoxy) is 1. The van der Waals surface area contributed by atoms with Crippen molar-refractivity contribution in [1.29, 1.82) is 5.26 Å². The molecule has 1 unspecified atom stereocenters. The lowest BCUT2D eigenvalue weighted by molar-refractivity contribution is 0.0555. The topological polar surface area (TPSA) is 71.9 Å². The monoisotopic (exact) mass is 223 g/mol. The van der Waals surface area contributed by atoms with Gasteiger partial charge in [-0.1, -0.05) is 19.0 Å². The molecule has 0 spiro atoms. The molecule has 0 aliphatic carbocycles. The highest BCUT2D eigenvalue weighted by molar-refractivity contribution is 4.93. The highest BCUT2D eigenvalue weighted by Crippen LogP contribution is 2.22. The van der Waals surface area contributed by atoms with Crippen LogP contribution in [0.1, 0.15) is 44.5 Å². The first-order valence-electron chi connectivity index (χ1n) is 5.41. The van der Waals surface area contributed by atoms with E-state index < -0.39 is 0 Å². The minimum absolute atomic E-state index is 0.131. The van der Waals surface area contributed by atoms with Crippen LogP contribution in [0.2, 0.25) is 0 Å². The highest BCUT2D eigenvalue weighted by atomic mass is 16.5. The summed E-state index contributed by atoms with van der Waals surface area (Å²) in [4.78, 5) is 4.26. The van der Waals surface area contributed by atoms with Crippen molar-refractivity contribution in [2.75, 3.05) is 7.11 Å². The van der Waals surface area contributed by atoms with E-state index in [0.29, 0.717) is 30.5 Å². The Morgan fingerprint density at radius 2 is 2.25 bits per heavy atom. The smallest absolute Gasteiger partial charge is 0.226 e. The number of hydrogen-bond acceptors (Lipinski definition) is 5. The summed E-state index contributed by atoms with van der Waals surface area (Å²) in [5.74, 6) is 1.46. The molecule has 0 saturated heterocycles. The molecule has 1 atom stereocenters. The largest absolute Gasteiger partial charge is 0.373 e. The highest BCUT2D eigenvalue weighted by Gasteiger charge is 2.20. The van der Waals surface area contributed by atoms with Gasteiger partial charge in [0, 0.05) is 20.0 Å². The summed E-state index contributed by atoms with van der Waals surface area (Å²) in [7, 11) is 1.64. The second-order valence-electron chi connectivity index (χ2n) is 3.96. The van der Waals surface area contributed by atoms with Crippen molar-refractivity contribution in [3.63, 3.8) is 0 Å². The molecule has 0 saturated carbocycles. The second kappa shape index (κ2) is 6.23. The molecule has 16 heavy (non-hydrogen) atoms. The zero-order valence-electron chi connectivity index (χ0n) is 9.93. The second-order valence-corrected chi connectivity index (χ2v) is 3.96. The first-order valence-corrected chi connectivity index (χ1v) is 5.41. The lowest BCUT2D eigenvalue weighted by atomic mass is 10.1. The van der Waals surface area contributed by atoms with E-state index in [1.54, 1.807) is 7.11 Å². The SMILES string of the molecule is COC(c1noc(CCCC#N)n1)C(C)C. The molecule has 88 valence electrons. The molecule has 5 nitrogen and oxygen atoms in total. The third-order valence-corrected chi connectivity index (χ3v) is 2.28. The predicted molar refractivity (Wildman–Crippen MR) is 57.4 cm³/mol. The first kappa shape index (κ1) is 12.7. The number of nitriles is 1. The Labute approximate surface area is 95.4 Å².